The molecule has 86 valence electrons. The van der Waals surface area contributed by atoms with E-state index in [1.165, 1.54) is 55.9 Å². The minimum absolute atomic E-state index is 0. The molecule has 2 nitrogen and oxygen atoms in total. The Morgan fingerprint density at radius 3 is 2.67 bits per heavy atom. The van der Waals surface area contributed by atoms with Crippen LogP contribution in [0.3, 0.4) is 0 Å². The Bertz CT molecular complexity index is 282. The Balaban J connectivity index is 0.00000112. The van der Waals surface area contributed by atoms with Crippen molar-refractivity contribution in [2.75, 3.05) is 19.6 Å². The Kier molecular flexibility index (Phi) is 5.58. The number of nitrogens with zero attached hydrogens (tertiary/aromatic N) is 2. The van der Waals surface area contributed by atoms with E-state index in [4.69, 9.17) is 0 Å². The molecule has 1 saturated heterocycles. The SMILES string of the molecule is Cc1ncsc1CCN1CCCCC1.Cl. The van der Waals surface area contributed by atoms with Crippen LogP contribution >= 0.6 is 23.7 Å². The quantitative estimate of drug-likeness (QED) is 0.816. The van der Waals surface area contributed by atoms with Crippen LogP contribution in [0.25, 0.3) is 0 Å². The van der Waals surface area contributed by atoms with Crippen molar-refractivity contribution in [3.63, 3.8) is 0 Å². The topological polar surface area (TPSA) is 16.1 Å². The average Bonchev–Trinajstić information content (AvgIpc) is 2.63. The predicted octanol–water partition coefficient (Wildman–Crippen LogP) is 2.90. The van der Waals surface area contributed by atoms with Gasteiger partial charge >= 0.3 is 0 Å². The molecule has 1 aromatic rings. The second-order valence-corrected chi connectivity index (χ2v) is 4.95. The minimum Gasteiger partial charge on any atom is -0.303 e. The predicted molar refractivity (Wildman–Crippen MR) is 68.1 cm³/mol. The summed E-state index contributed by atoms with van der Waals surface area (Å²) in [5, 5.41) is 0. The van der Waals surface area contributed by atoms with Crippen molar-refractivity contribution in [2.24, 2.45) is 0 Å². The van der Waals surface area contributed by atoms with Gasteiger partial charge in [0.2, 0.25) is 0 Å². The lowest BCUT2D eigenvalue weighted by Crippen LogP contribution is -2.31. The van der Waals surface area contributed by atoms with Gasteiger partial charge in [-0.1, -0.05) is 6.42 Å². The van der Waals surface area contributed by atoms with Crippen molar-refractivity contribution < 1.29 is 0 Å². The van der Waals surface area contributed by atoms with Gasteiger partial charge in [0, 0.05) is 11.4 Å². The molecule has 2 heterocycles. The molecule has 0 aromatic carbocycles. The molecule has 0 spiro atoms. The summed E-state index contributed by atoms with van der Waals surface area (Å²) >= 11 is 1.80. The van der Waals surface area contributed by atoms with Gasteiger partial charge in [0.15, 0.2) is 0 Å². The zero-order valence-corrected chi connectivity index (χ0v) is 10.9. The number of aryl methyl sites for hydroxylation is 1. The Morgan fingerprint density at radius 2 is 2.07 bits per heavy atom. The molecular weight excluding hydrogens is 228 g/mol. The van der Waals surface area contributed by atoms with E-state index in [0.29, 0.717) is 0 Å². The number of rotatable bonds is 3. The van der Waals surface area contributed by atoms with Crippen LogP contribution < -0.4 is 0 Å². The number of piperidine rings is 1. The average molecular weight is 247 g/mol. The number of thiazole rings is 1. The van der Waals surface area contributed by atoms with Gasteiger partial charge < -0.3 is 4.90 Å². The highest BCUT2D eigenvalue weighted by atomic mass is 35.5. The van der Waals surface area contributed by atoms with E-state index in [2.05, 4.69) is 16.8 Å². The fourth-order valence-corrected chi connectivity index (χ4v) is 2.78. The van der Waals surface area contributed by atoms with Crippen LogP contribution in [0.15, 0.2) is 5.51 Å². The third-order valence-electron chi connectivity index (χ3n) is 2.95. The first-order chi connectivity index (χ1) is 6.86. The lowest BCUT2D eigenvalue weighted by molar-refractivity contribution is 0.232. The van der Waals surface area contributed by atoms with Crippen molar-refractivity contribution in [2.45, 2.75) is 32.6 Å². The van der Waals surface area contributed by atoms with Gasteiger partial charge in [0.25, 0.3) is 0 Å². The first-order valence-electron chi connectivity index (χ1n) is 5.47. The van der Waals surface area contributed by atoms with E-state index in [1.807, 2.05) is 5.51 Å². The minimum atomic E-state index is 0. The van der Waals surface area contributed by atoms with E-state index in [1.54, 1.807) is 11.3 Å². The van der Waals surface area contributed by atoms with Crippen LogP contribution in [-0.2, 0) is 6.42 Å². The van der Waals surface area contributed by atoms with Crippen LogP contribution in [0, 0.1) is 6.92 Å². The Morgan fingerprint density at radius 1 is 1.33 bits per heavy atom. The molecule has 0 amide bonds. The van der Waals surface area contributed by atoms with E-state index in [-0.39, 0.29) is 12.4 Å². The molecule has 0 bridgehead atoms. The molecule has 0 unspecified atom stereocenters. The maximum atomic E-state index is 4.28. The highest BCUT2D eigenvalue weighted by molar-refractivity contribution is 7.09. The van der Waals surface area contributed by atoms with Crippen LogP contribution in [0.5, 0.6) is 0 Å². The molecule has 1 aliphatic rings. The van der Waals surface area contributed by atoms with Crippen molar-refractivity contribution >= 4 is 23.7 Å². The molecular formula is C11H19ClN2S. The van der Waals surface area contributed by atoms with Crippen LogP contribution in [0.1, 0.15) is 29.8 Å². The second kappa shape index (κ2) is 6.46. The van der Waals surface area contributed by atoms with Gasteiger partial charge in [-0.3, -0.25) is 0 Å². The lowest BCUT2D eigenvalue weighted by atomic mass is 10.1. The smallest absolute Gasteiger partial charge is 0.0797 e. The van der Waals surface area contributed by atoms with Gasteiger partial charge in [-0.2, -0.15) is 0 Å². The monoisotopic (exact) mass is 246 g/mol. The Hall–Kier alpha value is -0.120. The lowest BCUT2D eigenvalue weighted by Gasteiger charge is -2.26. The number of aromatic nitrogens is 1. The molecule has 0 N–H and O–H groups in total. The number of halogens is 1. The highest BCUT2D eigenvalue weighted by Gasteiger charge is 2.10. The molecule has 0 atom stereocenters. The normalized spacial score (nSPS) is 17.4. The maximum absolute atomic E-state index is 4.28. The molecule has 15 heavy (non-hydrogen) atoms. The number of hydrogen-bond donors (Lipinski definition) is 0. The van der Waals surface area contributed by atoms with Crippen molar-refractivity contribution in [3.8, 4) is 0 Å². The second-order valence-electron chi connectivity index (χ2n) is 4.01. The fourth-order valence-electron chi connectivity index (χ4n) is 2.01. The van der Waals surface area contributed by atoms with Gasteiger partial charge in [-0.25, -0.2) is 4.98 Å². The summed E-state index contributed by atoms with van der Waals surface area (Å²) in [6, 6.07) is 0. The summed E-state index contributed by atoms with van der Waals surface area (Å²) < 4.78 is 0. The summed E-state index contributed by atoms with van der Waals surface area (Å²) in [7, 11) is 0. The third-order valence-corrected chi connectivity index (χ3v) is 3.94. The zero-order valence-electron chi connectivity index (χ0n) is 9.24. The van der Waals surface area contributed by atoms with E-state index in [9.17, 15) is 0 Å². The van der Waals surface area contributed by atoms with E-state index in [0.717, 1.165) is 0 Å². The van der Waals surface area contributed by atoms with Crippen molar-refractivity contribution in [1.82, 2.24) is 9.88 Å². The summed E-state index contributed by atoms with van der Waals surface area (Å²) in [5.41, 5.74) is 3.19. The summed E-state index contributed by atoms with van der Waals surface area (Å²) in [4.78, 5) is 8.33. The molecule has 1 aromatic heterocycles. The van der Waals surface area contributed by atoms with Gasteiger partial charge in [0.1, 0.15) is 0 Å². The summed E-state index contributed by atoms with van der Waals surface area (Å²) in [6.45, 7) is 5.95. The largest absolute Gasteiger partial charge is 0.303 e. The standard InChI is InChI=1S/C11H18N2S.ClH/c1-10-11(14-9-12-10)5-8-13-6-3-2-4-7-13;/h9H,2-8H2,1H3;1H. The maximum Gasteiger partial charge on any atom is 0.0797 e. The fraction of sp³-hybridized carbons (Fsp3) is 0.727. The molecule has 4 heteroatoms. The molecule has 2 rings (SSSR count). The van der Waals surface area contributed by atoms with Gasteiger partial charge in [-0.05, 0) is 39.3 Å². The molecule has 1 aliphatic heterocycles. The van der Waals surface area contributed by atoms with Crippen LogP contribution in [-0.4, -0.2) is 29.5 Å². The summed E-state index contributed by atoms with van der Waals surface area (Å²) in [6.07, 6.45) is 5.40. The molecule has 1 fully saturated rings. The van der Waals surface area contributed by atoms with Crippen molar-refractivity contribution in [1.29, 1.82) is 0 Å². The van der Waals surface area contributed by atoms with Gasteiger partial charge in [0.05, 0.1) is 11.2 Å². The van der Waals surface area contributed by atoms with Gasteiger partial charge in [-0.15, -0.1) is 23.7 Å². The summed E-state index contributed by atoms with van der Waals surface area (Å²) in [5.74, 6) is 0. The van der Waals surface area contributed by atoms with Crippen LogP contribution in [0.4, 0.5) is 0 Å². The van der Waals surface area contributed by atoms with E-state index >= 15 is 0 Å². The third kappa shape index (κ3) is 3.74. The number of hydrogen-bond acceptors (Lipinski definition) is 3. The molecule has 0 aliphatic carbocycles. The molecule has 0 saturated carbocycles. The molecule has 0 radical (unpaired) electrons. The van der Waals surface area contributed by atoms with E-state index < -0.39 is 0 Å². The zero-order chi connectivity index (χ0) is 9.80. The van der Waals surface area contributed by atoms with Crippen LogP contribution in [0.2, 0.25) is 0 Å². The van der Waals surface area contributed by atoms with Crippen molar-refractivity contribution in [3.05, 3.63) is 16.1 Å². The highest BCUT2D eigenvalue weighted by Crippen LogP contribution is 2.15. The first-order valence-corrected chi connectivity index (χ1v) is 6.35. The first kappa shape index (κ1) is 12.9. The Labute approximate surface area is 102 Å². The number of likely N-dealkylation sites (tertiary alicyclic amines) is 1.